The molecule has 0 aromatic rings. The second kappa shape index (κ2) is 6.83. The van der Waals surface area contributed by atoms with Crippen LogP contribution in [0.2, 0.25) is 0 Å². The van der Waals surface area contributed by atoms with Crippen LogP contribution in [0.5, 0.6) is 0 Å². The van der Waals surface area contributed by atoms with E-state index in [0.717, 1.165) is 5.92 Å². The van der Waals surface area contributed by atoms with Crippen molar-refractivity contribution in [2.75, 3.05) is 5.08 Å². The molecule has 0 saturated carbocycles. The highest BCUT2D eigenvalue weighted by molar-refractivity contribution is 8.21. The molecule has 13 heavy (non-hydrogen) atoms. The van der Waals surface area contributed by atoms with Crippen LogP contribution in [0.4, 0.5) is 0 Å². The molecule has 0 aliphatic carbocycles. The van der Waals surface area contributed by atoms with Gasteiger partial charge in [-0.1, -0.05) is 34.6 Å². The van der Waals surface area contributed by atoms with E-state index in [-0.39, 0.29) is 0 Å². The highest BCUT2D eigenvalue weighted by atomic mass is 32.2. The Labute approximate surface area is 91.9 Å². The van der Waals surface area contributed by atoms with Crippen molar-refractivity contribution in [3.05, 3.63) is 10.8 Å². The zero-order valence-electron chi connectivity index (χ0n) is 9.46. The highest BCUT2D eigenvalue weighted by Crippen LogP contribution is 2.23. The Morgan fingerprint density at radius 1 is 1.15 bits per heavy atom. The van der Waals surface area contributed by atoms with Gasteiger partial charge in [0.1, 0.15) is 0 Å². The van der Waals surface area contributed by atoms with Crippen molar-refractivity contribution in [2.24, 2.45) is 11.3 Å². The summed E-state index contributed by atoms with van der Waals surface area (Å²) in [6.45, 7) is 11.4. The van der Waals surface area contributed by atoms with Gasteiger partial charge in [0, 0.05) is 5.08 Å². The van der Waals surface area contributed by atoms with Gasteiger partial charge in [0.15, 0.2) is 0 Å². The lowest BCUT2D eigenvalue weighted by Crippen LogP contribution is -2.08. The zero-order chi connectivity index (χ0) is 10.3. The predicted octanol–water partition coefficient (Wildman–Crippen LogP) is 4.97. The molecule has 0 saturated heterocycles. The predicted molar refractivity (Wildman–Crippen MR) is 68.1 cm³/mol. The quantitative estimate of drug-likeness (QED) is 0.609. The Morgan fingerprint density at radius 2 is 1.62 bits per heavy atom. The molecule has 0 aromatic heterocycles. The number of rotatable bonds is 1. The fourth-order valence-corrected chi connectivity index (χ4v) is 2.99. The molecule has 1 aliphatic heterocycles. The Bertz CT molecular complexity index is 137. The van der Waals surface area contributed by atoms with E-state index in [1.54, 1.807) is 0 Å². The molecule has 0 amide bonds. The summed E-state index contributed by atoms with van der Waals surface area (Å²) < 4.78 is 0. The van der Waals surface area contributed by atoms with Crippen molar-refractivity contribution in [2.45, 2.75) is 41.0 Å². The summed E-state index contributed by atoms with van der Waals surface area (Å²) in [6, 6.07) is 0. The van der Waals surface area contributed by atoms with Gasteiger partial charge in [-0.2, -0.15) is 0 Å². The molecule has 1 heterocycles. The van der Waals surface area contributed by atoms with Crippen LogP contribution in [0.25, 0.3) is 0 Å². The molecule has 0 atom stereocenters. The molecule has 0 nitrogen and oxygen atoms in total. The molecular weight excluding hydrogens is 196 g/mol. The van der Waals surface area contributed by atoms with E-state index in [9.17, 15) is 0 Å². The minimum Gasteiger partial charge on any atom is -0.122 e. The first-order chi connectivity index (χ1) is 5.92. The van der Waals surface area contributed by atoms with Gasteiger partial charge in [0.2, 0.25) is 0 Å². The minimum atomic E-state index is 0.522. The summed E-state index contributed by atoms with van der Waals surface area (Å²) in [5, 5.41) is 5.45. The summed E-state index contributed by atoms with van der Waals surface area (Å²) in [6.07, 6.45) is 1.33. The van der Waals surface area contributed by atoms with E-state index in [1.165, 1.54) is 11.5 Å². The fourth-order valence-electron chi connectivity index (χ4n) is 1.42. The van der Waals surface area contributed by atoms with Gasteiger partial charge in [0.25, 0.3) is 0 Å². The lowest BCUT2D eigenvalue weighted by molar-refractivity contribution is 0.320. The molecule has 2 heteroatoms. The number of hydrogen-bond donors (Lipinski definition) is 0. The van der Waals surface area contributed by atoms with Crippen LogP contribution in [0.3, 0.4) is 0 Å². The lowest BCUT2D eigenvalue weighted by Gasteiger charge is -2.19. The number of hydrogen-bond acceptors (Lipinski definition) is 2. The van der Waals surface area contributed by atoms with Crippen LogP contribution in [-0.4, -0.2) is 5.08 Å². The average molecular weight is 218 g/mol. The Kier molecular flexibility index (Phi) is 7.06. The highest BCUT2D eigenvalue weighted by Gasteiger charge is 2.11. The zero-order valence-corrected chi connectivity index (χ0v) is 11.1. The number of thioether (sulfide) groups is 2. The summed E-state index contributed by atoms with van der Waals surface area (Å²) >= 11 is 3.71. The van der Waals surface area contributed by atoms with Crippen LogP contribution in [-0.2, 0) is 0 Å². The van der Waals surface area contributed by atoms with Crippen LogP contribution >= 0.6 is 23.5 Å². The van der Waals surface area contributed by atoms with Crippen molar-refractivity contribution in [1.29, 1.82) is 0 Å². The van der Waals surface area contributed by atoms with E-state index in [0.29, 0.717) is 5.41 Å². The summed E-state index contributed by atoms with van der Waals surface area (Å²) in [4.78, 5) is 0. The van der Waals surface area contributed by atoms with Crippen LogP contribution in [0.1, 0.15) is 41.0 Å². The van der Waals surface area contributed by atoms with E-state index in [4.69, 9.17) is 0 Å². The van der Waals surface area contributed by atoms with Crippen molar-refractivity contribution in [3.8, 4) is 0 Å². The third-order valence-corrected chi connectivity index (χ3v) is 3.32. The van der Waals surface area contributed by atoms with Gasteiger partial charge < -0.3 is 0 Å². The minimum absolute atomic E-state index is 0.522. The second-order valence-electron chi connectivity index (χ2n) is 4.88. The van der Waals surface area contributed by atoms with Crippen LogP contribution in [0.15, 0.2) is 10.8 Å². The largest absolute Gasteiger partial charge is 0.122 e. The molecule has 0 N–H and O–H groups in total. The SMILES string of the molecule is C1=CSCS1.CC(C)CC(C)(C)C. The van der Waals surface area contributed by atoms with E-state index in [1.807, 2.05) is 23.5 Å². The van der Waals surface area contributed by atoms with Crippen molar-refractivity contribution >= 4 is 23.5 Å². The molecule has 0 spiro atoms. The molecule has 1 aliphatic rings. The molecule has 0 radical (unpaired) electrons. The summed E-state index contributed by atoms with van der Waals surface area (Å²) in [5.41, 5.74) is 0.522. The van der Waals surface area contributed by atoms with Gasteiger partial charge in [-0.25, -0.2) is 0 Å². The summed E-state index contributed by atoms with van der Waals surface area (Å²) in [5.74, 6) is 0.843. The molecule has 0 unspecified atom stereocenters. The third kappa shape index (κ3) is 12.4. The van der Waals surface area contributed by atoms with Gasteiger partial charge in [-0.05, 0) is 28.6 Å². The van der Waals surface area contributed by atoms with Gasteiger partial charge >= 0.3 is 0 Å². The molecule has 0 aromatic carbocycles. The van der Waals surface area contributed by atoms with Gasteiger partial charge in [-0.15, -0.1) is 23.5 Å². The summed E-state index contributed by atoms with van der Waals surface area (Å²) in [7, 11) is 0. The maximum Gasteiger partial charge on any atom is 0.0475 e. The first-order valence-corrected chi connectivity index (χ1v) is 6.90. The second-order valence-corrected chi connectivity index (χ2v) is 7.04. The Balaban J connectivity index is 0.000000243. The Hall–Kier alpha value is 0.440. The molecule has 0 bridgehead atoms. The molecule has 0 fully saturated rings. The topological polar surface area (TPSA) is 0 Å². The Morgan fingerprint density at radius 3 is 1.69 bits per heavy atom. The average Bonchev–Trinajstić information content (AvgIpc) is 2.33. The van der Waals surface area contributed by atoms with E-state index >= 15 is 0 Å². The van der Waals surface area contributed by atoms with Crippen molar-refractivity contribution in [1.82, 2.24) is 0 Å². The maximum absolute atomic E-state index is 2.28. The molecule has 78 valence electrons. The van der Waals surface area contributed by atoms with Gasteiger partial charge in [-0.3, -0.25) is 0 Å². The monoisotopic (exact) mass is 218 g/mol. The maximum atomic E-state index is 2.28. The first kappa shape index (κ1) is 13.4. The van der Waals surface area contributed by atoms with Crippen LogP contribution in [0, 0.1) is 11.3 Å². The molecular formula is C11H22S2. The van der Waals surface area contributed by atoms with E-state index in [2.05, 4.69) is 45.4 Å². The smallest absolute Gasteiger partial charge is 0.0475 e. The first-order valence-electron chi connectivity index (χ1n) is 4.80. The standard InChI is InChI=1S/C8H18.C3H4S2/c1-7(2)6-8(3,4)5;1-2-5-3-4-1/h7H,6H2,1-5H3;1-2H,3H2. The fraction of sp³-hybridized carbons (Fsp3) is 0.818. The molecule has 1 rings (SSSR count). The van der Waals surface area contributed by atoms with Gasteiger partial charge in [0.05, 0.1) is 0 Å². The van der Waals surface area contributed by atoms with Crippen molar-refractivity contribution in [3.63, 3.8) is 0 Å². The van der Waals surface area contributed by atoms with E-state index < -0.39 is 0 Å². The third-order valence-electron chi connectivity index (χ3n) is 1.40. The van der Waals surface area contributed by atoms with Crippen LogP contribution < -0.4 is 0 Å². The lowest BCUT2D eigenvalue weighted by atomic mass is 9.86. The van der Waals surface area contributed by atoms with Crippen molar-refractivity contribution < 1.29 is 0 Å². The normalized spacial score (nSPS) is 15.8.